The second-order valence-corrected chi connectivity index (χ2v) is 3.80. The number of anilines is 1. The molecule has 0 bridgehead atoms. The van der Waals surface area contributed by atoms with E-state index >= 15 is 0 Å². The number of carboxylic acid groups (broad SMARTS) is 1. The Morgan fingerprint density at radius 2 is 2.50 bits per heavy atom. The van der Waals surface area contributed by atoms with Gasteiger partial charge in [-0.3, -0.25) is 0 Å². The molecule has 1 saturated heterocycles. The molecule has 2 heterocycles. The number of carbonyl (C=O) groups is 1. The van der Waals surface area contributed by atoms with Crippen molar-refractivity contribution < 1.29 is 14.6 Å². The molecular weight excluding hydrogens is 208 g/mol. The van der Waals surface area contributed by atoms with E-state index in [1.807, 2.05) is 11.9 Å². The Kier molecular flexibility index (Phi) is 3.05. The molecule has 2 rings (SSSR count). The number of hydrogen-bond donors (Lipinski definition) is 1. The van der Waals surface area contributed by atoms with Gasteiger partial charge in [-0.05, 0) is 18.6 Å². The van der Waals surface area contributed by atoms with Crippen LogP contribution in [0.15, 0.2) is 18.3 Å². The van der Waals surface area contributed by atoms with Gasteiger partial charge in [0.15, 0.2) is 5.69 Å². The summed E-state index contributed by atoms with van der Waals surface area (Å²) in [5.41, 5.74) is 0.738. The molecule has 1 fully saturated rings. The van der Waals surface area contributed by atoms with Crippen molar-refractivity contribution in [3.05, 3.63) is 24.0 Å². The zero-order chi connectivity index (χ0) is 11.5. The highest BCUT2D eigenvalue weighted by atomic mass is 16.5. The molecule has 0 saturated carbocycles. The van der Waals surface area contributed by atoms with Crippen molar-refractivity contribution in [3.63, 3.8) is 0 Å². The van der Waals surface area contributed by atoms with E-state index in [2.05, 4.69) is 4.98 Å². The minimum atomic E-state index is -0.999. The van der Waals surface area contributed by atoms with E-state index in [4.69, 9.17) is 9.84 Å². The molecule has 16 heavy (non-hydrogen) atoms. The first-order valence-corrected chi connectivity index (χ1v) is 5.19. The van der Waals surface area contributed by atoms with Crippen LogP contribution in [0.3, 0.4) is 0 Å². The monoisotopic (exact) mass is 222 g/mol. The van der Waals surface area contributed by atoms with Crippen molar-refractivity contribution >= 4 is 11.7 Å². The van der Waals surface area contributed by atoms with Gasteiger partial charge in [0.1, 0.15) is 0 Å². The van der Waals surface area contributed by atoms with Crippen LogP contribution in [0, 0.1) is 0 Å². The molecule has 86 valence electrons. The van der Waals surface area contributed by atoms with E-state index in [0.29, 0.717) is 12.3 Å². The molecule has 5 heteroatoms. The Hall–Kier alpha value is -1.62. The number of aromatic nitrogens is 1. The number of hydrogen-bond acceptors (Lipinski definition) is 4. The number of nitrogens with zero attached hydrogens (tertiary/aromatic N) is 2. The Morgan fingerprint density at radius 3 is 3.12 bits per heavy atom. The van der Waals surface area contributed by atoms with Crippen molar-refractivity contribution in [2.75, 3.05) is 25.2 Å². The Labute approximate surface area is 93.7 Å². The fourth-order valence-electron chi connectivity index (χ4n) is 1.87. The molecule has 0 amide bonds. The maximum atomic E-state index is 11.0. The number of pyridine rings is 1. The molecule has 1 N–H and O–H groups in total. The van der Waals surface area contributed by atoms with Crippen LogP contribution < -0.4 is 4.90 Å². The Morgan fingerprint density at radius 1 is 1.69 bits per heavy atom. The van der Waals surface area contributed by atoms with Crippen LogP contribution in [-0.4, -0.2) is 42.4 Å². The quantitative estimate of drug-likeness (QED) is 0.826. The average Bonchev–Trinajstić information content (AvgIpc) is 2.81. The molecule has 0 aromatic carbocycles. The Balaban J connectivity index is 2.27. The molecular formula is C11H14N2O3. The van der Waals surface area contributed by atoms with Crippen molar-refractivity contribution in [1.82, 2.24) is 4.98 Å². The van der Waals surface area contributed by atoms with Crippen LogP contribution in [0.1, 0.15) is 16.9 Å². The fourth-order valence-corrected chi connectivity index (χ4v) is 1.87. The number of ether oxygens (including phenoxy) is 1. The average molecular weight is 222 g/mol. The number of aromatic carboxylic acids is 1. The molecule has 1 aromatic rings. The summed E-state index contributed by atoms with van der Waals surface area (Å²) in [6.45, 7) is 1.38. The summed E-state index contributed by atoms with van der Waals surface area (Å²) in [6.07, 6.45) is 2.41. The van der Waals surface area contributed by atoms with Gasteiger partial charge in [-0.2, -0.15) is 0 Å². The lowest BCUT2D eigenvalue weighted by Gasteiger charge is -2.26. The second-order valence-electron chi connectivity index (χ2n) is 3.80. The summed E-state index contributed by atoms with van der Waals surface area (Å²) in [6, 6.07) is 3.75. The van der Waals surface area contributed by atoms with E-state index in [9.17, 15) is 4.79 Å². The minimum absolute atomic E-state index is 0.0944. The summed E-state index contributed by atoms with van der Waals surface area (Å²) in [4.78, 5) is 16.8. The summed E-state index contributed by atoms with van der Waals surface area (Å²) in [7, 11) is 1.88. The zero-order valence-corrected chi connectivity index (χ0v) is 9.09. The molecule has 0 spiro atoms. The van der Waals surface area contributed by atoms with Crippen molar-refractivity contribution in [1.29, 1.82) is 0 Å². The lowest BCUT2D eigenvalue weighted by atomic mass is 10.2. The molecule has 5 nitrogen and oxygen atoms in total. The van der Waals surface area contributed by atoms with Crippen LogP contribution in [-0.2, 0) is 4.74 Å². The van der Waals surface area contributed by atoms with Gasteiger partial charge in [0.05, 0.1) is 18.3 Å². The van der Waals surface area contributed by atoms with Gasteiger partial charge >= 0.3 is 5.97 Å². The molecule has 1 atom stereocenters. The maximum Gasteiger partial charge on any atom is 0.356 e. The second kappa shape index (κ2) is 4.49. The smallest absolute Gasteiger partial charge is 0.356 e. The van der Waals surface area contributed by atoms with Gasteiger partial charge in [-0.25, -0.2) is 9.78 Å². The van der Waals surface area contributed by atoms with Crippen LogP contribution in [0.25, 0.3) is 0 Å². The highest BCUT2D eigenvalue weighted by Gasteiger charge is 2.24. The lowest BCUT2D eigenvalue weighted by molar-refractivity contribution is 0.0691. The molecule has 0 radical (unpaired) electrons. The van der Waals surface area contributed by atoms with Crippen molar-refractivity contribution in [2.45, 2.75) is 12.5 Å². The van der Waals surface area contributed by atoms with E-state index in [1.54, 1.807) is 12.1 Å². The van der Waals surface area contributed by atoms with Crippen LogP contribution >= 0.6 is 0 Å². The van der Waals surface area contributed by atoms with E-state index < -0.39 is 5.97 Å². The van der Waals surface area contributed by atoms with Crippen LogP contribution in [0.2, 0.25) is 0 Å². The summed E-state index contributed by atoms with van der Waals surface area (Å²) < 4.78 is 5.29. The van der Waals surface area contributed by atoms with Gasteiger partial charge in [0.2, 0.25) is 0 Å². The predicted molar refractivity (Wildman–Crippen MR) is 58.8 cm³/mol. The third kappa shape index (κ3) is 1.99. The third-order valence-electron chi connectivity index (χ3n) is 2.82. The first kappa shape index (κ1) is 10.9. The van der Waals surface area contributed by atoms with Gasteiger partial charge in [-0.1, -0.05) is 0 Å². The van der Waals surface area contributed by atoms with Gasteiger partial charge in [0, 0.05) is 19.9 Å². The fraction of sp³-hybridized carbons (Fsp3) is 0.455. The van der Waals surface area contributed by atoms with Crippen molar-refractivity contribution in [2.24, 2.45) is 0 Å². The normalized spacial score (nSPS) is 19.7. The summed E-state index contributed by atoms with van der Waals surface area (Å²) in [5.74, 6) is -0.999. The third-order valence-corrected chi connectivity index (χ3v) is 2.82. The van der Waals surface area contributed by atoms with Gasteiger partial charge in [0.25, 0.3) is 0 Å². The van der Waals surface area contributed by atoms with Gasteiger partial charge < -0.3 is 14.7 Å². The lowest BCUT2D eigenvalue weighted by Crippen LogP contribution is -2.33. The SMILES string of the molecule is CN(c1cccnc1C(=O)O)C1CCOC1. The highest BCUT2D eigenvalue weighted by Crippen LogP contribution is 2.22. The predicted octanol–water partition coefficient (Wildman–Crippen LogP) is 1.00. The van der Waals surface area contributed by atoms with Gasteiger partial charge in [-0.15, -0.1) is 0 Å². The molecule has 1 aliphatic heterocycles. The molecule has 1 aromatic heterocycles. The highest BCUT2D eigenvalue weighted by molar-refractivity contribution is 5.92. The standard InChI is InChI=1S/C11H14N2O3/c1-13(8-4-6-16-7-8)9-3-2-5-12-10(9)11(14)15/h2-3,5,8H,4,6-7H2,1H3,(H,14,15). The first-order chi connectivity index (χ1) is 7.70. The van der Waals surface area contributed by atoms with Crippen molar-refractivity contribution in [3.8, 4) is 0 Å². The molecule has 1 unspecified atom stereocenters. The molecule has 0 aliphatic carbocycles. The zero-order valence-electron chi connectivity index (χ0n) is 9.09. The summed E-state index contributed by atoms with van der Waals surface area (Å²) >= 11 is 0. The topological polar surface area (TPSA) is 62.7 Å². The first-order valence-electron chi connectivity index (χ1n) is 5.19. The minimum Gasteiger partial charge on any atom is -0.476 e. The Bertz CT molecular complexity index is 389. The largest absolute Gasteiger partial charge is 0.476 e. The van der Waals surface area contributed by atoms with Crippen LogP contribution in [0.5, 0.6) is 0 Å². The maximum absolute atomic E-state index is 11.0. The molecule has 1 aliphatic rings. The van der Waals surface area contributed by atoms with Crippen LogP contribution in [0.4, 0.5) is 5.69 Å². The van der Waals surface area contributed by atoms with E-state index in [1.165, 1.54) is 6.20 Å². The number of likely N-dealkylation sites (N-methyl/N-ethyl adjacent to an activating group) is 1. The number of carboxylic acids is 1. The number of rotatable bonds is 3. The summed E-state index contributed by atoms with van der Waals surface area (Å²) in [5, 5.41) is 9.04. The van der Waals surface area contributed by atoms with E-state index in [0.717, 1.165) is 13.0 Å². The van der Waals surface area contributed by atoms with E-state index in [-0.39, 0.29) is 11.7 Å².